The number of halogens is 1. The molecular formula is C10H11FN4S. The van der Waals surface area contributed by atoms with E-state index in [2.05, 4.69) is 27.2 Å². The predicted molar refractivity (Wildman–Crippen MR) is 61.0 cm³/mol. The first kappa shape index (κ1) is 10.9. The highest BCUT2D eigenvalue weighted by Gasteiger charge is 2.08. The van der Waals surface area contributed by atoms with Crippen LogP contribution in [0.15, 0.2) is 24.0 Å². The van der Waals surface area contributed by atoms with Crippen molar-refractivity contribution in [2.24, 2.45) is 0 Å². The van der Waals surface area contributed by atoms with Crippen LogP contribution in [0.2, 0.25) is 0 Å². The van der Waals surface area contributed by atoms with Crippen LogP contribution < -0.4 is 5.32 Å². The highest BCUT2D eigenvalue weighted by Crippen LogP contribution is 2.17. The Bertz CT molecular complexity index is 446. The van der Waals surface area contributed by atoms with Crippen molar-refractivity contribution in [1.82, 2.24) is 15.0 Å². The number of nitrogens with one attached hydrogen (secondary N) is 1. The lowest BCUT2D eigenvalue weighted by molar-refractivity contribution is 0.580. The van der Waals surface area contributed by atoms with E-state index >= 15 is 0 Å². The molecule has 2 aromatic heterocycles. The van der Waals surface area contributed by atoms with Gasteiger partial charge in [0, 0.05) is 30.1 Å². The van der Waals surface area contributed by atoms with Gasteiger partial charge in [-0.2, -0.15) is 4.39 Å². The Morgan fingerprint density at radius 1 is 1.44 bits per heavy atom. The van der Waals surface area contributed by atoms with E-state index in [4.69, 9.17) is 0 Å². The monoisotopic (exact) mass is 238 g/mol. The van der Waals surface area contributed by atoms with Crippen LogP contribution in [0.3, 0.4) is 0 Å². The van der Waals surface area contributed by atoms with Gasteiger partial charge in [0.1, 0.15) is 12.1 Å². The second kappa shape index (κ2) is 4.98. The molecule has 0 radical (unpaired) electrons. The van der Waals surface area contributed by atoms with Gasteiger partial charge < -0.3 is 5.32 Å². The average molecular weight is 238 g/mol. The van der Waals surface area contributed by atoms with E-state index in [1.165, 1.54) is 12.4 Å². The number of rotatable bonds is 4. The van der Waals surface area contributed by atoms with E-state index in [0.717, 1.165) is 5.01 Å². The Balaban J connectivity index is 1.92. The quantitative estimate of drug-likeness (QED) is 0.830. The summed E-state index contributed by atoms with van der Waals surface area (Å²) in [5.74, 6) is 0.244. The maximum Gasteiger partial charge on any atom is 0.217 e. The highest BCUT2D eigenvalue weighted by atomic mass is 32.1. The van der Waals surface area contributed by atoms with Crippen LogP contribution in [0.4, 0.5) is 10.2 Å². The molecule has 0 saturated carbocycles. The third kappa shape index (κ3) is 2.73. The minimum absolute atomic E-state index is 0.276. The van der Waals surface area contributed by atoms with Gasteiger partial charge in [-0.25, -0.2) is 15.0 Å². The van der Waals surface area contributed by atoms with Crippen molar-refractivity contribution in [3.63, 3.8) is 0 Å². The molecular weight excluding hydrogens is 227 g/mol. The highest BCUT2D eigenvalue weighted by molar-refractivity contribution is 7.09. The largest absolute Gasteiger partial charge is 0.369 e. The standard InChI is InChI=1S/C10H11FN4S/c1-7(10-12-2-3-16-10)5-13-9-4-8(11)14-6-15-9/h2-4,6-7H,5H2,1H3,(H,13,14,15). The van der Waals surface area contributed by atoms with Crippen molar-refractivity contribution in [3.8, 4) is 0 Å². The molecule has 0 fully saturated rings. The van der Waals surface area contributed by atoms with Crippen molar-refractivity contribution in [1.29, 1.82) is 0 Å². The summed E-state index contributed by atoms with van der Waals surface area (Å²) in [7, 11) is 0. The van der Waals surface area contributed by atoms with Crippen LogP contribution in [-0.2, 0) is 0 Å². The predicted octanol–water partition coefficient (Wildman–Crippen LogP) is 2.29. The van der Waals surface area contributed by atoms with E-state index in [-0.39, 0.29) is 5.92 Å². The molecule has 2 heterocycles. The summed E-state index contributed by atoms with van der Waals surface area (Å²) < 4.78 is 12.8. The Hall–Kier alpha value is -1.56. The zero-order valence-electron chi connectivity index (χ0n) is 8.72. The molecule has 0 bridgehead atoms. The smallest absolute Gasteiger partial charge is 0.217 e. The van der Waals surface area contributed by atoms with Crippen LogP contribution in [0.1, 0.15) is 17.8 Å². The minimum atomic E-state index is -0.528. The number of anilines is 1. The molecule has 0 spiro atoms. The third-order valence-corrected chi connectivity index (χ3v) is 3.10. The Morgan fingerprint density at radius 3 is 3.00 bits per heavy atom. The molecule has 16 heavy (non-hydrogen) atoms. The Labute approximate surface area is 96.6 Å². The van der Waals surface area contributed by atoms with Gasteiger partial charge in [0.2, 0.25) is 5.95 Å². The Kier molecular flexibility index (Phi) is 3.40. The first-order chi connectivity index (χ1) is 7.75. The third-order valence-electron chi connectivity index (χ3n) is 2.10. The molecule has 4 nitrogen and oxygen atoms in total. The molecule has 2 rings (SSSR count). The molecule has 0 amide bonds. The van der Waals surface area contributed by atoms with Gasteiger partial charge in [0.25, 0.3) is 0 Å². The lowest BCUT2D eigenvalue weighted by Crippen LogP contribution is -2.10. The van der Waals surface area contributed by atoms with Gasteiger partial charge in [0.15, 0.2) is 0 Å². The van der Waals surface area contributed by atoms with E-state index in [9.17, 15) is 4.39 Å². The fraction of sp³-hybridized carbons (Fsp3) is 0.300. The first-order valence-corrected chi connectivity index (χ1v) is 5.74. The minimum Gasteiger partial charge on any atom is -0.369 e. The van der Waals surface area contributed by atoms with Crippen LogP contribution in [0, 0.1) is 5.95 Å². The van der Waals surface area contributed by atoms with Gasteiger partial charge in [-0.15, -0.1) is 11.3 Å². The van der Waals surface area contributed by atoms with E-state index in [1.54, 1.807) is 17.5 Å². The summed E-state index contributed by atoms with van der Waals surface area (Å²) in [6.45, 7) is 2.73. The maximum absolute atomic E-state index is 12.8. The van der Waals surface area contributed by atoms with Crippen molar-refractivity contribution in [2.75, 3.05) is 11.9 Å². The van der Waals surface area contributed by atoms with Gasteiger partial charge in [-0.1, -0.05) is 6.92 Å². The molecule has 0 aliphatic rings. The van der Waals surface area contributed by atoms with Crippen molar-refractivity contribution >= 4 is 17.2 Å². The lowest BCUT2D eigenvalue weighted by atomic mass is 10.2. The summed E-state index contributed by atoms with van der Waals surface area (Å²) in [4.78, 5) is 11.5. The molecule has 1 N–H and O–H groups in total. The van der Waals surface area contributed by atoms with E-state index in [0.29, 0.717) is 12.4 Å². The molecule has 1 atom stereocenters. The molecule has 84 valence electrons. The van der Waals surface area contributed by atoms with E-state index < -0.39 is 5.95 Å². The van der Waals surface area contributed by atoms with Gasteiger partial charge in [0.05, 0.1) is 5.01 Å². The van der Waals surface area contributed by atoms with Gasteiger partial charge in [-0.3, -0.25) is 0 Å². The van der Waals surface area contributed by atoms with Gasteiger partial charge in [-0.05, 0) is 0 Å². The molecule has 0 saturated heterocycles. The fourth-order valence-corrected chi connectivity index (χ4v) is 1.95. The zero-order chi connectivity index (χ0) is 11.4. The molecule has 0 aliphatic carbocycles. The summed E-state index contributed by atoms with van der Waals surface area (Å²) in [6.07, 6.45) is 2.98. The number of aromatic nitrogens is 3. The average Bonchev–Trinajstić information content (AvgIpc) is 2.79. The van der Waals surface area contributed by atoms with Crippen LogP contribution in [0.5, 0.6) is 0 Å². The van der Waals surface area contributed by atoms with Crippen LogP contribution in [-0.4, -0.2) is 21.5 Å². The SMILES string of the molecule is CC(CNc1cc(F)ncn1)c1nccs1. The van der Waals surface area contributed by atoms with E-state index in [1.807, 2.05) is 5.38 Å². The fourth-order valence-electron chi connectivity index (χ4n) is 1.25. The normalized spacial score (nSPS) is 12.4. The molecule has 2 aromatic rings. The second-order valence-electron chi connectivity index (χ2n) is 3.38. The summed E-state index contributed by atoms with van der Waals surface area (Å²) in [6, 6.07) is 1.27. The number of nitrogens with zero attached hydrogens (tertiary/aromatic N) is 3. The number of hydrogen-bond donors (Lipinski definition) is 1. The molecule has 1 unspecified atom stereocenters. The summed E-state index contributed by atoms with van der Waals surface area (Å²) in [5.41, 5.74) is 0. The number of thiazole rings is 1. The summed E-state index contributed by atoms with van der Waals surface area (Å²) in [5, 5.41) is 6.05. The topological polar surface area (TPSA) is 50.7 Å². The van der Waals surface area contributed by atoms with Crippen molar-refractivity contribution in [2.45, 2.75) is 12.8 Å². The lowest BCUT2D eigenvalue weighted by Gasteiger charge is -2.09. The van der Waals surface area contributed by atoms with Crippen LogP contribution in [0.25, 0.3) is 0 Å². The Morgan fingerprint density at radius 2 is 2.31 bits per heavy atom. The second-order valence-corrected chi connectivity index (χ2v) is 4.30. The van der Waals surface area contributed by atoms with Gasteiger partial charge >= 0.3 is 0 Å². The van der Waals surface area contributed by atoms with Crippen molar-refractivity contribution in [3.05, 3.63) is 34.9 Å². The van der Waals surface area contributed by atoms with Crippen molar-refractivity contribution < 1.29 is 4.39 Å². The zero-order valence-corrected chi connectivity index (χ0v) is 9.54. The van der Waals surface area contributed by atoms with Crippen LogP contribution >= 0.6 is 11.3 Å². The maximum atomic E-state index is 12.8. The molecule has 6 heteroatoms. The molecule has 0 aromatic carbocycles. The molecule has 0 aliphatic heterocycles. The summed E-state index contributed by atoms with van der Waals surface area (Å²) >= 11 is 1.61. The first-order valence-electron chi connectivity index (χ1n) is 4.86. The number of hydrogen-bond acceptors (Lipinski definition) is 5.